The van der Waals surface area contributed by atoms with Gasteiger partial charge in [0.15, 0.2) is 0 Å². The number of carboxylic acid groups (broad SMARTS) is 1. The lowest BCUT2D eigenvalue weighted by Crippen LogP contribution is -2.39. The smallest absolute Gasteiger partial charge is 0.321 e. The molecule has 0 bridgehead atoms. The average molecular weight is 234 g/mol. The summed E-state index contributed by atoms with van der Waals surface area (Å²) in [6.45, 7) is 3.80. The lowest BCUT2D eigenvalue weighted by molar-refractivity contribution is -0.142. The summed E-state index contributed by atoms with van der Waals surface area (Å²) in [6.07, 6.45) is 5.40. The summed E-state index contributed by atoms with van der Waals surface area (Å²) in [5.41, 5.74) is 1.04. The second-order valence-corrected chi connectivity index (χ2v) is 4.50. The van der Waals surface area contributed by atoms with Crippen molar-refractivity contribution in [2.24, 2.45) is 0 Å². The number of hydrogen-bond acceptors (Lipinski definition) is 3. The van der Waals surface area contributed by atoms with Crippen molar-refractivity contribution < 1.29 is 9.90 Å². The zero-order valence-electron chi connectivity index (χ0n) is 10.0. The van der Waals surface area contributed by atoms with E-state index in [0.29, 0.717) is 0 Å². The predicted molar refractivity (Wildman–Crippen MR) is 64.9 cm³/mol. The molecule has 1 aromatic heterocycles. The Morgan fingerprint density at radius 3 is 3.06 bits per heavy atom. The molecular weight excluding hydrogens is 216 g/mol. The molecule has 1 aromatic rings. The quantitative estimate of drug-likeness (QED) is 0.862. The van der Waals surface area contributed by atoms with Gasteiger partial charge in [-0.25, -0.2) is 0 Å². The number of carbonyl (C=O) groups is 1. The third-order valence-corrected chi connectivity index (χ3v) is 3.38. The van der Waals surface area contributed by atoms with Gasteiger partial charge in [0.2, 0.25) is 0 Å². The fraction of sp³-hybridized carbons (Fsp3) is 0.538. The standard InChI is InChI=1S/C13H18N2O2/c1-2-7-15-8-5-11(12(15)13(16)17)10-4-3-6-14-9-10/h3-4,6,9,11-12H,2,5,7-8H2,1H3,(H,16,17)/t11?,12-/m0/s1. The summed E-state index contributed by atoms with van der Waals surface area (Å²) in [6, 6.07) is 3.46. The molecule has 1 unspecified atom stereocenters. The number of pyridine rings is 1. The maximum atomic E-state index is 11.4. The second-order valence-electron chi connectivity index (χ2n) is 4.50. The van der Waals surface area contributed by atoms with E-state index in [0.717, 1.165) is 31.5 Å². The van der Waals surface area contributed by atoms with Crippen LogP contribution in [0.15, 0.2) is 24.5 Å². The minimum atomic E-state index is -0.718. The maximum absolute atomic E-state index is 11.4. The minimum absolute atomic E-state index is 0.0766. The van der Waals surface area contributed by atoms with E-state index in [9.17, 15) is 9.90 Å². The molecule has 1 fully saturated rings. The van der Waals surface area contributed by atoms with E-state index in [1.807, 2.05) is 12.1 Å². The van der Waals surface area contributed by atoms with Crippen LogP contribution >= 0.6 is 0 Å². The molecule has 2 heterocycles. The van der Waals surface area contributed by atoms with Crippen LogP contribution in [0.3, 0.4) is 0 Å². The van der Waals surface area contributed by atoms with Crippen molar-refractivity contribution in [3.8, 4) is 0 Å². The third kappa shape index (κ3) is 2.47. The van der Waals surface area contributed by atoms with Gasteiger partial charge in [0.05, 0.1) is 0 Å². The van der Waals surface area contributed by atoms with E-state index in [2.05, 4.69) is 16.8 Å². The molecule has 4 nitrogen and oxygen atoms in total. The molecule has 1 aliphatic rings. The first-order valence-electron chi connectivity index (χ1n) is 6.10. The molecule has 1 aliphatic heterocycles. The summed E-state index contributed by atoms with van der Waals surface area (Å²) in [4.78, 5) is 17.6. The van der Waals surface area contributed by atoms with Crippen molar-refractivity contribution >= 4 is 5.97 Å². The van der Waals surface area contributed by atoms with Crippen molar-refractivity contribution in [2.75, 3.05) is 13.1 Å². The van der Waals surface area contributed by atoms with Crippen LogP contribution < -0.4 is 0 Å². The van der Waals surface area contributed by atoms with E-state index in [4.69, 9.17) is 0 Å². The molecule has 0 amide bonds. The first-order valence-corrected chi connectivity index (χ1v) is 6.10. The topological polar surface area (TPSA) is 53.4 Å². The largest absolute Gasteiger partial charge is 0.480 e. The van der Waals surface area contributed by atoms with E-state index < -0.39 is 5.97 Å². The molecule has 0 spiro atoms. The highest BCUT2D eigenvalue weighted by atomic mass is 16.4. The predicted octanol–water partition coefficient (Wildman–Crippen LogP) is 1.73. The van der Waals surface area contributed by atoms with E-state index in [1.54, 1.807) is 12.4 Å². The van der Waals surface area contributed by atoms with Gasteiger partial charge in [-0.2, -0.15) is 0 Å². The van der Waals surface area contributed by atoms with Gasteiger partial charge in [0.1, 0.15) is 6.04 Å². The van der Waals surface area contributed by atoms with Crippen LogP contribution in [0.5, 0.6) is 0 Å². The highest BCUT2D eigenvalue weighted by Crippen LogP contribution is 2.33. The number of aromatic nitrogens is 1. The summed E-state index contributed by atoms with van der Waals surface area (Å²) < 4.78 is 0. The highest BCUT2D eigenvalue weighted by molar-refractivity contribution is 5.75. The molecule has 4 heteroatoms. The molecule has 1 saturated heterocycles. The number of hydrogen-bond donors (Lipinski definition) is 1. The number of carboxylic acids is 1. The van der Waals surface area contributed by atoms with Crippen LogP contribution in [-0.4, -0.2) is 40.1 Å². The Labute approximate surface area is 101 Å². The molecule has 2 atom stereocenters. The fourth-order valence-electron chi connectivity index (χ4n) is 2.67. The Kier molecular flexibility index (Phi) is 3.74. The van der Waals surface area contributed by atoms with Crippen molar-refractivity contribution in [2.45, 2.75) is 31.7 Å². The molecule has 17 heavy (non-hydrogen) atoms. The van der Waals surface area contributed by atoms with Gasteiger partial charge in [0, 0.05) is 18.3 Å². The normalized spacial score (nSPS) is 25.0. The Hall–Kier alpha value is -1.42. The van der Waals surface area contributed by atoms with E-state index in [-0.39, 0.29) is 12.0 Å². The van der Waals surface area contributed by atoms with Gasteiger partial charge in [-0.1, -0.05) is 13.0 Å². The van der Waals surface area contributed by atoms with Crippen molar-refractivity contribution in [3.05, 3.63) is 30.1 Å². The molecule has 0 saturated carbocycles. The summed E-state index contributed by atoms with van der Waals surface area (Å²) in [5.74, 6) is -0.641. The van der Waals surface area contributed by atoms with Crippen LogP contribution in [0.1, 0.15) is 31.2 Å². The Balaban J connectivity index is 2.21. The van der Waals surface area contributed by atoms with Gasteiger partial charge in [-0.15, -0.1) is 0 Å². The SMILES string of the molecule is CCCN1CCC(c2cccnc2)[C@H]1C(=O)O. The van der Waals surface area contributed by atoms with Gasteiger partial charge in [-0.05, 0) is 37.6 Å². The van der Waals surface area contributed by atoms with Crippen molar-refractivity contribution in [3.63, 3.8) is 0 Å². The van der Waals surface area contributed by atoms with Crippen LogP contribution in [-0.2, 0) is 4.79 Å². The Bertz CT molecular complexity index is 380. The zero-order chi connectivity index (χ0) is 12.3. The lowest BCUT2D eigenvalue weighted by atomic mass is 9.93. The summed E-state index contributed by atoms with van der Waals surface area (Å²) >= 11 is 0. The molecule has 2 rings (SSSR count). The monoisotopic (exact) mass is 234 g/mol. The van der Waals surface area contributed by atoms with E-state index >= 15 is 0 Å². The summed E-state index contributed by atoms with van der Waals surface area (Å²) in [7, 11) is 0. The first kappa shape index (κ1) is 12.0. The number of likely N-dealkylation sites (tertiary alicyclic amines) is 1. The molecule has 0 aromatic carbocycles. The van der Waals surface area contributed by atoms with Crippen LogP contribution in [0.4, 0.5) is 0 Å². The maximum Gasteiger partial charge on any atom is 0.321 e. The number of aliphatic carboxylic acids is 1. The van der Waals surface area contributed by atoms with Crippen molar-refractivity contribution in [1.82, 2.24) is 9.88 Å². The molecule has 92 valence electrons. The summed E-state index contributed by atoms with van der Waals surface area (Å²) in [5, 5.41) is 9.38. The molecule has 0 radical (unpaired) electrons. The van der Waals surface area contributed by atoms with Crippen LogP contribution in [0, 0.1) is 0 Å². The zero-order valence-corrected chi connectivity index (χ0v) is 10.0. The van der Waals surface area contributed by atoms with E-state index in [1.165, 1.54) is 0 Å². The second kappa shape index (κ2) is 5.27. The highest BCUT2D eigenvalue weighted by Gasteiger charge is 2.39. The third-order valence-electron chi connectivity index (χ3n) is 3.38. The van der Waals surface area contributed by atoms with Crippen LogP contribution in [0.2, 0.25) is 0 Å². The number of nitrogens with zero attached hydrogens (tertiary/aromatic N) is 2. The molecular formula is C13H18N2O2. The Morgan fingerprint density at radius 1 is 1.65 bits per heavy atom. The van der Waals surface area contributed by atoms with Gasteiger partial charge >= 0.3 is 5.97 Å². The molecule has 0 aliphatic carbocycles. The van der Waals surface area contributed by atoms with Crippen molar-refractivity contribution in [1.29, 1.82) is 0 Å². The fourth-order valence-corrected chi connectivity index (χ4v) is 2.67. The minimum Gasteiger partial charge on any atom is -0.480 e. The Morgan fingerprint density at radius 2 is 2.47 bits per heavy atom. The average Bonchev–Trinajstić information content (AvgIpc) is 2.74. The van der Waals surface area contributed by atoms with Gasteiger partial charge in [0.25, 0.3) is 0 Å². The lowest BCUT2D eigenvalue weighted by Gasteiger charge is -2.24. The van der Waals surface area contributed by atoms with Gasteiger partial charge < -0.3 is 5.11 Å². The van der Waals surface area contributed by atoms with Gasteiger partial charge in [-0.3, -0.25) is 14.7 Å². The first-order chi connectivity index (χ1) is 8.24. The molecule has 1 N–H and O–H groups in total. The van der Waals surface area contributed by atoms with Crippen LogP contribution in [0.25, 0.3) is 0 Å². The number of rotatable bonds is 4.